The molecule has 11 heteroatoms. The van der Waals surface area contributed by atoms with E-state index in [0.29, 0.717) is 4.73 Å². The van der Waals surface area contributed by atoms with E-state index < -0.39 is 29.8 Å². The van der Waals surface area contributed by atoms with Gasteiger partial charge in [-0.15, -0.1) is 0 Å². The molecule has 2 heterocycles. The Labute approximate surface area is 166 Å². The van der Waals surface area contributed by atoms with Crippen LogP contribution < -0.4 is 5.36 Å². The Balaban J connectivity index is 2.03. The van der Waals surface area contributed by atoms with E-state index in [9.17, 15) is 23.2 Å². The number of dihydropyridines is 1. The SMILES string of the molecule is COC1=CC=C(C(=O)N=c2c(Cl)cn(O)cc2Cl)C2C=CC(C(F)(F)F)=NC12. The number of hydrogen-bond donors (Lipinski definition) is 1. The number of allylic oxidation sites excluding steroid dienone is 3. The number of halogens is 5. The van der Waals surface area contributed by atoms with Gasteiger partial charge in [0.15, 0.2) is 0 Å². The minimum absolute atomic E-state index is 0.0723. The van der Waals surface area contributed by atoms with Gasteiger partial charge in [0.05, 0.1) is 29.5 Å². The fourth-order valence-electron chi connectivity index (χ4n) is 2.82. The van der Waals surface area contributed by atoms with Gasteiger partial charge >= 0.3 is 6.18 Å². The molecule has 0 radical (unpaired) electrons. The predicted octanol–water partition coefficient (Wildman–Crippen LogP) is 3.49. The van der Waals surface area contributed by atoms with Crippen LogP contribution in [0.1, 0.15) is 0 Å². The van der Waals surface area contributed by atoms with Crippen LogP contribution in [0.4, 0.5) is 13.2 Å². The van der Waals surface area contributed by atoms with Gasteiger partial charge in [0.1, 0.15) is 22.9 Å². The normalized spacial score (nSPS) is 21.3. The van der Waals surface area contributed by atoms with Crippen LogP contribution in [-0.2, 0) is 9.53 Å². The number of carbonyl (C=O) groups excluding carboxylic acids is 1. The van der Waals surface area contributed by atoms with Gasteiger partial charge < -0.3 is 9.94 Å². The number of rotatable bonds is 2. The Hall–Kier alpha value is -2.52. The van der Waals surface area contributed by atoms with E-state index in [4.69, 9.17) is 27.9 Å². The van der Waals surface area contributed by atoms with Crippen LogP contribution in [0.3, 0.4) is 0 Å². The number of nitrogens with zero attached hydrogens (tertiary/aromatic N) is 3. The molecule has 2 atom stereocenters. The molecule has 2 aliphatic rings. The standard InChI is InChI=1S/C17H12Cl2F3N3O3/c1-28-12-4-2-9(8-3-5-13(17(20,21)22)23-14(8)12)16(26)24-15-10(18)6-25(27)7-11(15)19/h2-8,14,27H,1H3. The molecule has 1 amide bonds. The number of methoxy groups -OCH3 is 1. The summed E-state index contributed by atoms with van der Waals surface area (Å²) in [5, 5.41) is 9.14. The van der Waals surface area contributed by atoms with E-state index >= 15 is 0 Å². The fourth-order valence-corrected chi connectivity index (χ4v) is 3.35. The third-order valence-corrected chi connectivity index (χ3v) is 4.64. The Bertz CT molecular complexity index is 996. The Morgan fingerprint density at radius 2 is 1.93 bits per heavy atom. The van der Waals surface area contributed by atoms with E-state index in [1.54, 1.807) is 0 Å². The number of fused-ring (bicyclic) bond motifs is 1. The molecule has 2 unspecified atom stereocenters. The topological polar surface area (TPSA) is 76.2 Å². The Morgan fingerprint density at radius 1 is 1.29 bits per heavy atom. The third kappa shape index (κ3) is 3.85. The molecule has 1 aromatic heterocycles. The zero-order chi connectivity index (χ0) is 20.6. The lowest BCUT2D eigenvalue weighted by Crippen LogP contribution is -2.35. The molecule has 0 saturated carbocycles. The van der Waals surface area contributed by atoms with Crippen molar-refractivity contribution in [1.82, 2.24) is 4.73 Å². The number of alkyl halides is 3. The lowest BCUT2D eigenvalue weighted by Gasteiger charge is -2.30. The highest BCUT2D eigenvalue weighted by Gasteiger charge is 2.41. The summed E-state index contributed by atoms with van der Waals surface area (Å²) in [7, 11) is 1.31. The minimum atomic E-state index is -4.62. The molecule has 0 spiro atoms. The number of aromatic nitrogens is 1. The summed E-state index contributed by atoms with van der Waals surface area (Å²) < 4.78 is 44.7. The molecule has 3 rings (SSSR count). The van der Waals surface area contributed by atoms with Gasteiger partial charge in [-0.1, -0.05) is 29.3 Å². The van der Waals surface area contributed by atoms with Gasteiger partial charge in [0.25, 0.3) is 5.91 Å². The van der Waals surface area contributed by atoms with Crippen LogP contribution in [0.25, 0.3) is 0 Å². The van der Waals surface area contributed by atoms with Crippen LogP contribution in [0, 0.1) is 5.92 Å². The van der Waals surface area contributed by atoms with Crippen molar-refractivity contribution in [2.45, 2.75) is 12.2 Å². The first kappa shape index (κ1) is 20.2. The lowest BCUT2D eigenvalue weighted by atomic mass is 9.83. The highest BCUT2D eigenvalue weighted by molar-refractivity contribution is 6.34. The van der Waals surface area contributed by atoms with Gasteiger partial charge in [-0.05, 0) is 18.2 Å². The summed E-state index contributed by atoms with van der Waals surface area (Å²) in [5.74, 6) is -1.37. The van der Waals surface area contributed by atoms with Crippen molar-refractivity contribution in [2.75, 3.05) is 7.11 Å². The number of amides is 1. The molecule has 0 saturated heterocycles. The first-order chi connectivity index (χ1) is 13.1. The molecular formula is C17H12Cl2F3N3O3. The molecule has 148 valence electrons. The maximum atomic E-state index is 13.0. The average Bonchev–Trinajstić information content (AvgIpc) is 2.62. The number of pyridine rings is 1. The van der Waals surface area contributed by atoms with Crippen molar-refractivity contribution in [3.05, 3.63) is 63.4 Å². The first-order valence-corrected chi connectivity index (χ1v) is 8.52. The number of carbonyl (C=O) groups is 1. The van der Waals surface area contributed by atoms with Crippen molar-refractivity contribution < 1.29 is 27.9 Å². The van der Waals surface area contributed by atoms with Crippen molar-refractivity contribution >= 4 is 34.8 Å². The molecule has 0 fully saturated rings. The van der Waals surface area contributed by atoms with E-state index in [1.807, 2.05) is 0 Å². The van der Waals surface area contributed by atoms with E-state index in [2.05, 4.69) is 9.98 Å². The monoisotopic (exact) mass is 433 g/mol. The summed E-state index contributed by atoms with van der Waals surface area (Å²) in [6.45, 7) is 0. The average molecular weight is 434 g/mol. The minimum Gasteiger partial charge on any atom is -0.499 e. The van der Waals surface area contributed by atoms with E-state index in [-0.39, 0.29) is 26.7 Å². The van der Waals surface area contributed by atoms with Crippen LogP contribution in [0.5, 0.6) is 0 Å². The zero-order valence-electron chi connectivity index (χ0n) is 14.1. The molecule has 0 aromatic carbocycles. The highest BCUT2D eigenvalue weighted by atomic mass is 35.5. The second kappa shape index (κ2) is 7.48. The van der Waals surface area contributed by atoms with Gasteiger partial charge in [-0.2, -0.15) is 17.9 Å². The summed E-state index contributed by atoms with van der Waals surface area (Å²) >= 11 is 11.9. The fraction of sp³-hybridized carbons (Fsp3) is 0.235. The summed E-state index contributed by atoms with van der Waals surface area (Å²) in [5.41, 5.74) is -0.969. The predicted molar refractivity (Wildman–Crippen MR) is 95.3 cm³/mol. The Kier molecular flexibility index (Phi) is 5.40. The van der Waals surface area contributed by atoms with Crippen LogP contribution >= 0.6 is 23.2 Å². The molecule has 1 aromatic rings. The zero-order valence-corrected chi connectivity index (χ0v) is 15.6. The number of hydrogen-bond acceptors (Lipinski definition) is 4. The summed E-state index contributed by atoms with van der Waals surface area (Å²) in [6.07, 6.45) is 2.38. The maximum absolute atomic E-state index is 13.0. The second-order valence-corrected chi connectivity index (χ2v) is 6.65. The second-order valence-electron chi connectivity index (χ2n) is 5.84. The number of ether oxygens (including phenoxy) is 1. The highest BCUT2D eigenvalue weighted by Crippen LogP contribution is 2.35. The molecule has 6 nitrogen and oxygen atoms in total. The summed E-state index contributed by atoms with van der Waals surface area (Å²) in [4.78, 5) is 20.3. The van der Waals surface area contributed by atoms with Crippen LogP contribution in [0.15, 0.2) is 58.0 Å². The van der Waals surface area contributed by atoms with E-state index in [0.717, 1.165) is 18.5 Å². The van der Waals surface area contributed by atoms with Crippen LogP contribution in [-0.4, -0.2) is 40.9 Å². The molecular weight excluding hydrogens is 422 g/mol. The molecule has 1 aliphatic carbocycles. The molecule has 28 heavy (non-hydrogen) atoms. The third-order valence-electron chi connectivity index (χ3n) is 4.09. The molecule has 0 bridgehead atoms. The van der Waals surface area contributed by atoms with Gasteiger partial charge in [0.2, 0.25) is 0 Å². The van der Waals surface area contributed by atoms with Gasteiger partial charge in [0, 0.05) is 11.5 Å². The maximum Gasteiger partial charge on any atom is 0.432 e. The van der Waals surface area contributed by atoms with Crippen molar-refractivity contribution in [1.29, 1.82) is 0 Å². The van der Waals surface area contributed by atoms with Crippen molar-refractivity contribution in [2.24, 2.45) is 15.9 Å². The van der Waals surface area contributed by atoms with Gasteiger partial charge in [-0.25, -0.2) is 4.99 Å². The molecule has 1 aliphatic heterocycles. The van der Waals surface area contributed by atoms with E-state index in [1.165, 1.54) is 25.3 Å². The van der Waals surface area contributed by atoms with Gasteiger partial charge in [-0.3, -0.25) is 9.79 Å². The van der Waals surface area contributed by atoms with Crippen LogP contribution in [0.2, 0.25) is 10.0 Å². The molecule has 1 N–H and O–H groups in total. The quantitative estimate of drug-likeness (QED) is 0.725. The van der Waals surface area contributed by atoms with Crippen molar-refractivity contribution in [3.8, 4) is 0 Å². The lowest BCUT2D eigenvalue weighted by molar-refractivity contribution is -0.115. The first-order valence-electron chi connectivity index (χ1n) is 7.76. The summed E-state index contributed by atoms with van der Waals surface area (Å²) in [6, 6.07) is -1.05. The smallest absolute Gasteiger partial charge is 0.432 e. The Morgan fingerprint density at radius 3 is 2.50 bits per heavy atom. The largest absolute Gasteiger partial charge is 0.499 e. The number of aliphatic imine (C=N–C) groups is 1. The van der Waals surface area contributed by atoms with Crippen molar-refractivity contribution in [3.63, 3.8) is 0 Å².